The molecule has 0 aromatic carbocycles. The Morgan fingerprint density at radius 2 is 1.92 bits per heavy atom. The third-order valence-corrected chi connectivity index (χ3v) is 4.70. The van der Waals surface area contributed by atoms with Crippen LogP contribution in [-0.2, 0) is 19.2 Å². The predicted octanol–water partition coefficient (Wildman–Crippen LogP) is -0.221. The highest BCUT2D eigenvalue weighted by atomic mass is 33.1. The summed E-state index contributed by atoms with van der Waals surface area (Å²) < 4.78 is 0. The molecule has 2 atom stereocenters. The Bertz CT molecular complexity index is 486. The topological polar surface area (TPSA) is 159 Å². The van der Waals surface area contributed by atoms with Crippen LogP contribution in [0.1, 0.15) is 19.8 Å². The second-order valence-corrected chi connectivity index (χ2v) is 6.88. The molecule has 0 saturated heterocycles. The van der Waals surface area contributed by atoms with E-state index in [1.54, 1.807) is 5.41 Å². The van der Waals surface area contributed by atoms with Crippen molar-refractivity contribution in [2.24, 2.45) is 5.73 Å². The van der Waals surface area contributed by atoms with E-state index in [1.165, 1.54) is 21.6 Å². The first-order valence-electron chi connectivity index (χ1n) is 6.94. The minimum atomic E-state index is -1.21. The zero-order chi connectivity index (χ0) is 18.5. The number of amides is 2. The third-order valence-electron chi connectivity index (χ3n) is 2.56. The van der Waals surface area contributed by atoms with Gasteiger partial charge in [0.15, 0.2) is 0 Å². The second-order valence-electron chi connectivity index (χ2n) is 4.57. The summed E-state index contributed by atoms with van der Waals surface area (Å²) in [6, 6.07) is -2.09. The molecule has 0 heterocycles. The largest absolute Gasteiger partial charge is 0.480 e. The normalized spacial score (nSPS) is 13.2. The summed E-state index contributed by atoms with van der Waals surface area (Å²) >= 11 is 0. The van der Waals surface area contributed by atoms with Gasteiger partial charge in [-0.3, -0.25) is 19.2 Å². The Balaban J connectivity index is 4.54. The molecule has 136 valence electrons. The molecule has 2 amide bonds. The quantitative estimate of drug-likeness (QED) is 0.228. The van der Waals surface area contributed by atoms with Crippen molar-refractivity contribution in [2.45, 2.75) is 31.8 Å². The van der Waals surface area contributed by atoms with E-state index >= 15 is 0 Å². The number of allylic oxidation sites excluding steroid dienone is 1. The minimum Gasteiger partial charge on any atom is -0.480 e. The molecular formula is C13H21N3O6S2. The molecule has 6 N–H and O–H groups in total. The van der Waals surface area contributed by atoms with E-state index in [2.05, 4.69) is 10.6 Å². The molecule has 0 spiro atoms. The zero-order valence-electron chi connectivity index (χ0n) is 13.1. The van der Waals surface area contributed by atoms with E-state index in [0.29, 0.717) is 0 Å². The van der Waals surface area contributed by atoms with E-state index in [-0.39, 0.29) is 18.6 Å². The van der Waals surface area contributed by atoms with Crippen LogP contribution in [0, 0.1) is 0 Å². The molecule has 11 heteroatoms. The number of rotatable bonds is 12. The fourth-order valence-corrected chi connectivity index (χ4v) is 3.20. The third kappa shape index (κ3) is 10.9. The smallest absolute Gasteiger partial charge is 0.322 e. The van der Waals surface area contributed by atoms with Crippen LogP contribution in [0.2, 0.25) is 0 Å². The predicted molar refractivity (Wildman–Crippen MR) is 92.3 cm³/mol. The van der Waals surface area contributed by atoms with Crippen molar-refractivity contribution >= 4 is 45.3 Å². The monoisotopic (exact) mass is 379 g/mol. The Labute approximate surface area is 147 Å². The average molecular weight is 379 g/mol. The maximum atomic E-state index is 11.9. The van der Waals surface area contributed by atoms with Crippen molar-refractivity contribution in [1.29, 1.82) is 0 Å². The molecule has 0 aliphatic rings. The Kier molecular flexibility index (Phi) is 11.8. The summed E-state index contributed by atoms with van der Waals surface area (Å²) in [5.41, 5.74) is 5.31. The number of nitrogens with one attached hydrogen (secondary N) is 2. The number of carbonyl (C=O) groups excluding carboxylic acids is 2. The van der Waals surface area contributed by atoms with E-state index in [1.807, 2.05) is 13.0 Å². The SMILES string of the molecule is C/C=C/SSC[C@H](NC(=O)CC[C@H](N)C(=O)O)C(=O)NCC(=O)O. The van der Waals surface area contributed by atoms with E-state index in [4.69, 9.17) is 15.9 Å². The number of carbonyl (C=O) groups is 4. The van der Waals surface area contributed by atoms with Gasteiger partial charge in [0.25, 0.3) is 0 Å². The molecule has 24 heavy (non-hydrogen) atoms. The highest BCUT2D eigenvalue weighted by Crippen LogP contribution is 2.23. The number of carboxylic acids is 2. The first kappa shape index (κ1) is 22.3. The van der Waals surface area contributed by atoms with Crippen molar-refractivity contribution in [1.82, 2.24) is 10.6 Å². The number of carboxylic acid groups (broad SMARTS) is 2. The lowest BCUT2D eigenvalue weighted by Gasteiger charge is -2.17. The minimum absolute atomic E-state index is 0.0644. The van der Waals surface area contributed by atoms with Gasteiger partial charge in [0.05, 0.1) is 0 Å². The molecule has 0 bridgehead atoms. The first-order chi connectivity index (χ1) is 11.3. The molecule has 0 saturated carbocycles. The van der Waals surface area contributed by atoms with Crippen LogP contribution >= 0.6 is 21.6 Å². The summed E-state index contributed by atoms with van der Waals surface area (Å²) in [6.45, 7) is 1.28. The van der Waals surface area contributed by atoms with Gasteiger partial charge in [0.1, 0.15) is 18.6 Å². The summed E-state index contributed by atoms with van der Waals surface area (Å²) in [6.07, 6.45) is 1.59. The fourth-order valence-electron chi connectivity index (χ4n) is 1.35. The highest BCUT2D eigenvalue weighted by molar-refractivity contribution is 8.77. The van der Waals surface area contributed by atoms with E-state index in [9.17, 15) is 19.2 Å². The van der Waals surface area contributed by atoms with Crippen molar-refractivity contribution < 1.29 is 29.4 Å². The second kappa shape index (κ2) is 12.7. The van der Waals surface area contributed by atoms with Gasteiger partial charge in [-0.1, -0.05) is 27.7 Å². The molecular weight excluding hydrogens is 358 g/mol. The Hall–Kier alpha value is -1.72. The van der Waals surface area contributed by atoms with E-state index < -0.39 is 42.4 Å². The lowest BCUT2D eigenvalue weighted by Crippen LogP contribution is -2.49. The van der Waals surface area contributed by atoms with Gasteiger partial charge in [-0.05, 0) is 18.8 Å². The van der Waals surface area contributed by atoms with Crippen molar-refractivity contribution in [3.05, 3.63) is 11.5 Å². The zero-order valence-corrected chi connectivity index (χ0v) is 14.7. The van der Waals surface area contributed by atoms with Crippen LogP contribution in [-0.4, -0.2) is 58.3 Å². The molecule has 0 aliphatic carbocycles. The van der Waals surface area contributed by atoms with Crippen LogP contribution in [0.5, 0.6) is 0 Å². The highest BCUT2D eigenvalue weighted by Gasteiger charge is 2.22. The molecule has 0 aromatic heterocycles. The number of hydrogen-bond donors (Lipinski definition) is 5. The summed E-state index contributed by atoms with van der Waals surface area (Å²) in [7, 11) is 2.67. The van der Waals surface area contributed by atoms with Gasteiger partial charge in [0, 0.05) is 12.2 Å². The fraction of sp³-hybridized carbons (Fsp3) is 0.538. The van der Waals surface area contributed by atoms with Gasteiger partial charge in [-0.2, -0.15) is 0 Å². The molecule has 0 fully saturated rings. The van der Waals surface area contributed by atoms with Gasteiger partial charge < -0.3 is 26.6 Å². The van der Waals surface area contributed by atoms with Crippen molar-refractivity contribution in [3.63, 3.8) is 0 Å². The molecule has 9 nitrogen and oxygen atoms in total. The molecule has 0 aliphatic heterocycles. The van der Waals surface area contributed by atoms with Crippen LogP contribution in [0.15, 0.2) is 11.5 Å². The number of nitrogens with two attached hydrogens (primary N) is 1. The van der Waals surface area contributed by atoms with Crippen LogP contribution in [0.3, 0.4) is 0 Å². The van der Waals surface area contributed by atoms with Crippen molar-refractivity contribution in [2.75, 3.05) is 12.3 Å². The van der Waals surface area contributed by atoms with Crippen LogP contribution in [0.25, 0.3) is 0 Å². The first-order valence-corrected chi connectivity index (χ1v) is 9.32. The average Bonchev–Trinajstić information content (AvgIpc) is 2.52. The summed E-state index contributed by atoms with van der Waals surface area (Å²) in [5.74, 6) is -3.34. The molecule has 0 radical (unpaired) electrons. The van der Waals surface area contributed by atoms with Gasteiger partial charge in [0.2, 0.25) is 11.8 Å². The number of aliphatic carboxylic acids is 2. The number of hydrogen-bond acceptors (Lipinski definition) is 7. The summed E-state index contributed by atoms with van der Waals surface area (Å²) in [4.78, 5) is 44.9. The summed E-state index contributed by atoms with van der Waals surface area (Å²) in [5, 5.41) is 23.7. The van der Waals surface area contributed by atoms with Gasteiger partial charge in [-0.25, -0.2) is 0 Å². The lowest BCUT2D eigenvalue weighted by molar-refractivity contribution is -0.139. The van der Waals surface area contributed by atoms with Crippen LogP contribution < -0.4 is 16.4 Å². The Morgan fingerprint density at radius 1 is 1.25 bits per heavy atom. The molecule has 0 unspecified atom stereocenters. The molecule has 0 aromatic rings. The van der Waals surface area contributed by atoms with Gasteiger partial charge >= 0.3 is 11.9 Å². The lowest BCUT2D eigenvalue weighted by atomic mass is 10.1. The van der Waals surface area contributed by atoms with Crippen LogP contribution in [0.4, 0.5) is 0 Å². The standard InChI is InChI=1S/C13H21N3O6S2/c1-2-5-23-24-7-9(12(20)15-6-11(18)19)16-10(17)4-3-8(14)13(21)22/h2,5,8-9H,3-4,6-7,14H2,1H3,(H,15,20)(H,16,17)(H,18,19)(H,21,22)/b5-2+/t8-,9-/m0/s1. The van der Waals surface area contributed by atoms with E-state index in [0.717, 1.165) is 0 Å². The maximum Gasteiger partial charge on any atom is 0.322 e. The van der Waals surface area contributed by atoms with Gasteiger partial charge in [-0.15, -0.1) is 0 Å². The Morgan fingerprint density at radius 3 is 2.46 bits per heavy atom. The van der Waals surface area contributed by atoms with Crippen molar-refractivity contribution in [3.8, 4) is 0 Å². The molecule has 0 rings (SSSR count). The maximum absolute atomic E-state index is 11.9.